The van der Waals surface area contributed by atoms with Crippen LogP contribution in [-0.4, -0.2) is 40.1 Å². The number of carbonyl (C=O) groups excluding carboxylic acids is 1. The SMILES string of the molecule is COC(=O)c1ccc(CNCCS(C)(=O)=O)c(Br)c1. The molecule has 0 unspecified atom stereocenters. The zero-order valence-corrected chi connectivity index (χ0v) is 13.2. The summed E-state index contributed by atoms with van der Waals surface area (Å²) >= 11 is 3.37. The van der Waals surface area contributed by atoms with Gasteiger partial charge in [-0.15, -0.1) is 0 Å². The minimum atomic E-state index is -2.95. The molecule has 0 aliphatic carbocycles. The lowest BCUT2D eigenvalue weighted by Crippen LogP contribution is -2.22. The monoisotopic (exact) mass is 349 g/mol. The highest BCUT2D eigenvalue weighted by Gasteiger charge is 2.08. The Morgan fingerprint density at radius 3 is 2.63 bits per heavy atom. The van der Waals surface area contributed by atoms with E-state index in [-0.39, 0.29) is 5.75 Å². The number of rotatable bonds is 6. The molecule has 0 amide bonds. The number of sulfone groups is 1. The standard InChI is InChI=1S/C12H16BrNO4S/c1-18-12(15)9-3-4-10(11(13)7-9)8-14-5-6-19(2,16)17/h3-4,7,14H,5-6,8H2,1-2H3. The van der Waals surface area contributed by atoms with Gasteiger partial charge in [-0.1, -0.05) is 22.0 Å². The zero-order valence-electron chi connectivity index (χ0n) is 10.8. The van der Waals surface area contributed by atoms with E-state index in [0.29, 0.717) is 18.7 Å². The summed E-state index contributed by atoms with van der Waals surface area (Å²) in [5, 5.41) is 3.04. The number of esters is 1. The molecule has 19 heavy (non-hydrogen) atoms. The van der Waals surface area contributed by atoms with Gasteiger partial charge in [0, 0.05) is 23.8 Å². The van der Waals surface area contributed by atoms with E-state index in [0.717, 1.165) is 10.0 Å². The number of nitrogens with one attached hydrogen (secondary N) is 1. The Labute approximate surface area is 121 Å². The van der Waals surface area contributed by atoms with Gasteiger partial charge in [-0.3, -0.25) is 0 Å². The molecule has 0 spiro atoms. The number of hydrogen-bond donors (Lipinski definition) is 1. The van der Waals surface area contributed by atoms with Gasteiger partial charge in [0.2, 0.25) is 0 Å². The molecular formula is C12H16BrNO4S. The van der Waals surface area contributed by atoms with Gasteiger partial charge in [-0.25, -0.2) is 13.2 Å². The molecule has 0 radical (unpaired) electrons. The third-order valence-electron chi connectivity index (χ3n) is 2.44. The lowest BCUT2D eigenvalue weighted by molar-refractivity contribution is 0.0600. The Bertz CT molecular complexity index is 557. The molecule has 5 nitrogen and oxygen atoms in total. The van der Waals surface area contributed by atoms with Crippen LogP contribution in [0.5, 0.6) is 0 Å². The topological polar surface area (TPSA) is 72.5 Å². The first-order valence-corrected chi connectivity index (χ1v) is 8.44. The molecule has 1 rings (SSSR count). The van der Waals surface area contributed by atoms with E-state index < -0.39 is 15.8 Å². The molecule has 0 aromatic heterocycles. The Morgan fingerprint density at radius 2 is 2.11 bits per heavy atom. The van der Waals surface area contributed by atoms with Crippen molar-refractivity contribution in [1.29, 1.82) is 0 Å². The molecule has 0 bridgehead atoms. The van der Waals surface area contributed by atoms with Crippen LogP contribution in [0.25, 0.3) is 0 Å². The highest BCUT2D eigenvalue weighted by molar-refractivity contribution is 9.10. The Balaban J connectivity index is 2.58. The molecule has 0 atom stereocenters. The Morgan fingerprint density at radius 1 is 1.42 bits per heavy atom. The molecule has 0 fully saturated rings. The zero-order chi connectivity index (χ0) is 14.5. The van der Waals surface area contributed by atoms with Crippen molar-refractivity contribution in [3.8, 4) is 0 Å². The number of halogens is 1. The fourth-order valence-corrected chi connectivity index (χ4v) is 2.45. The Hall–Kier alpha value is -0.920. The fourth-order valence-electron chi connectivity index (χ4n) is 1.42. The summed E-state index contributed by atoms with van der Waals surface area (Å²) < 4.78 is 27.3. The summed E-state index contributed by atoms with van der Waals surface area (Å²) in [6.45, 7) is 0.918. The predicted molar refractivity (Wildman–Crippen MR) is 76.9 cm³/mol. The number of carbonyl (C=O) groups is 1. The van der Waals surface area contributed by atoms with Crippen molar-refractivity contribution in [3.63, 3.8) is 0 Å². The highest BCUT2D eigenvalue weighted by atomic mass is 79.9. The molecule has 0 saturated carbocycles. The van der Waals surface area contributed by atoms with Crippen molar-refractivity contribution in [1.82, 2.24) is 5.32 Å². The van der Waals surface area contributed by atoms with Gasteiger partial charge in [0.25, 0.3) is 0 Å². The summed E-state index contributed by atoms with van der Waals surface area (Å²) in [4.78, 5) is 11.3. The molecule has 1 aromatic carbocycles. The van der Waals surface area contributed by atoms with Crippen LogP contribution in [-0.2, 0) is 21.1 Å². The average Bonchev–Trinajstić information content (AvgIpc) is 2.33. The van der Waals surface area contributed by atoms with E-state index in [2.05, 4.69) is 26.0 Å². The van der Waals surface area contributed by atoms with Crippen LogP contribution in [0.15, 0.2) is 22.7 Å². The van der Waals surface area contributed by atoms with Gasteiger partial charge in [0.15, 0.2) is 0 Å². The summed E-state index contributed by atoms with van der Waals surface area (Å²) in [5.74, 6) is -0.289. The van der Waals surface area contributed by atoms with Crippen LogP contribution < -0.4 is 5.32 Å². The minimum Gasteiger partial charge on any atom is -0.465 e. The van der Waals surface area contributed by atoms with E-state index in [1.165, 1.54) is 13.4 Å². The molecule has 106 valence electrons. The maximum absolute atomic E-state index is 11.3. The molecule has 0 heterocycles. The maximum atomic E-state index is 11.3. The highest BCUT2D eigenvalue weighted by Crippen LogP contribution is 2.19. The van der Waals surface area contributed by atoms with Crippen molar-refractivity contribution in [2.75, 3.05) is 25.7 Å². The summed E-state index contributed by atoms with van der Waals surface area (Å²) in [5.41, 5.74) is 1.41. The van der Waals surface area contributed by atoms with Crippen LogP contribution in [0, 0.1) is 0 Å². The maximum Gasteiger partial charge on any atom is 0.337 e. The van der Waals surface area contributed by atoms with Crippen LogP contribution in [0.2, 0.25) is 0 Å². The van der Waals surface area contributed by atoms with E-state index >= 15 is 0 Å². The second-order valence-corrected chi connectivity index (χ2v) is 7.22. The van der Waals surface area contributed by atoms with Crippen LogP contribution in [0.3, 0.4) is 0 Å². The van der Waals surface area contributed by atoms with Gasteiger partial charge < -0.3 is 10.1 Å². The first-order chi connectivity index (χ1) is 8.83. The number of hydrogen-bond acceptors (Lipinski definition) is 5. The molecule has 7 heteroatoms. The van der Waals surface area contributed by atoms with Gasteiger partial charge in [-0.2, -0.15) is 0 Å². The van der Waals surface area contributed by atoms with E-state index in [4.69, 9.17) is 0 Å². The Kier molecular flexibility index (Phi) is 5.96. The number of ether oxygens (including phenoxy) is 1. The number of benzene rings is 1. The molecule has 1 N–H and O–H groups in total. The van der Waals surface area contributed by atoms with E-state index in [1.54, 1.807) is 18.2 Å². The fraction of sp³-hybridized carbons (Fsp3) is 0.417. The van der Waals surface area contributed by atoms with Gasteiger partial charge in [-0.05, 0) is 17.7 Å². The van der Waals surface area contributed by atoms with Gasteiger partial charge in [0.05, 0.1) is 18.4 Å². The number of methoxy groups -OCH3 is 1. The summed E-state index contributed by atoms with van der Waals surface area (Å²) in [7, 11) is -1.62. The largest absolute Gasteiger partial charge is 0.465 e. The molecule has 1 aromatic rings. The summed E-state index contributed by atoms with van der Waals surface area (Å²) in [6.07, 6.45) is 1.20. The first kappa shape index (κ1) is 16.1. The summed E-state index contributed by atoms with van der Waals surface area (Å²) in [6, 6.07) is 5.15. The molecule has 0 saturated heterocycles. The third kappa shape index (κ3) is 5.71. The van der Waals surface area contributed by atoms with Crippen molar-refractivity contribution in [3.05, 3.63) is 33.8 Å². The average molecular weight is 350 g/mol. The van der Waals surface area contributed by atoms with Crippen molar-refractivity contribution in [2.45, 2.75) is 6.54 Å². The lowest BCUT2D eigenvalue weighted by Gasteiger charge is -2.08. The molecular weight excluding hydrogens is 334 g/mol. The van der Waals surface area contributed by atoms with Gasteiger partial charge >= 0.3 is 5.97 Å². The minimum absolute atomic E-state index is 0.102. The van der Waals surface area contributed by atoms with Crippen molar-refractivity contribution in [2.24, 2.45) is 0 Å². The van der Waals surface area contributed by atoms with Crippen LogP contribution >= 0.6 is 15.9 Å². The van der Waals surface area contributed by atoms with Crippen LogP contribution in [0.4, 0.5) is 0 Å². The smallest absolute Gasteiger partial charge is 0.337 e. The van der Waals surface area contributed by atoms with Crippen molar-refractivity contribution < 1.29 is 17.9 Å². The quantitative estimate of drug-likeness (QED) is 0.620. The first-order valence-electron chi connectivity index (χ1n) is 5.58. The predicted octanol–water partition coefficient (Wildman–Crippen LogP) is 1.37. The van der Waals surface area contributed by atoms with E-state index in [1.807, 2.05) is 0 Å². The van der Waals surface area contributed by atoms with Crippen LogP contribution in [0.1, 0.15) is 15.9 Å². The lowest BCUT2D eigenvalue weighted by atomic mass is 10.1. The molecule has 0 aliphatic rings. The second kappa shape index (κ2) is 7.02. The third-order valence-corrected chi connectivity index (χ3v) is 4.12. The normalized spacial score (nSPS) is 11.3. The van der Waals surface area contributed by atoms with E-state index in [9.17, 15) is 13.2 Å². The molecule has 0 aliphatic heterocycles. The van der Waals surface area contributed by atoms with Crippen molar-refractivity contribution >= 4 is 31.7 Å². The van der Waals surface area contributed by atoms with Gasteiger partial charge in [0.1, 0.15) is 9.84 Å². The second-order valence-electron chi connectivity index (χ2n) is 4.10.